The van der Waals surface area contributed by atoms with E-state index in [1.807, 2.05) is 0 Å². The highest BCUT2D eigenvalue weighted by molar-refractivity contribution is 5.04. The Morgan fingerprint density at radius 3 is 2.33 bits per heavy atom. The molecular weight excluding hydrogens is 164 g/mol. The average molecular weight is 176 g/mol. The van der Waals surface area contributed by atoms with Crippen LogP contribution in [0.15, 0.2) is 12.3 Å². The summed E-state index contributed by atoms with van der Waals surface area (Å²) in [4.78, 5) is 0. The first-order valence-corrected chi connectivity index (χ1v) is 3.58. The van der Waals surface area contributed by atoms with Crippen LogP contribution in [-0.2, 0) is 4.74 Å². The lowest BCUT2D eigenvalue weighted by Crippen LogP contribution is -2.52. The van der Waals surface area contributed by atoms with E-state index in [1.165, 1.54) is 0 Å². The van der Waals surface area contributed by atoms with Crippen LogP contribution in [0.25, 0.3) is 0 Å². The average Bonchev–Trinajstić information content (AvgIpc) is 2.08. The molecule has 0 aromatic heterocycles. The maximum absolute atomic E-state index is 9.19. The van der Waals surface area contributed by atoms with Crippen LogP contribution in [0.4, 0.5) is 0 Å². The molecule has 0 spiro atoms. The summed E-state index contributed by atoms with van der Waals surface area (Å²) in [6, 6.07) is 0. The topological polar surface area (TPSA) is 90.2 Å². The van der Waals surface area contributed by atoms with Gasteiger partial charge in [0.25, 0.3) is 0 Å². The number of rotatable bonds is 1. The van der Waals surface area contributed by atoms with Crippen molar-refractivity contribution in [3.8, 4) is 0 Å². The molecule has 1 aliphatic heterocycles. The highest BCUT2D eigenvalue weighted by Crippen LogP contribution is 2.21. The predicted octanol–water partition coefficient (Wildman–Crippen LogP) is -2.03. The summed E-state index contributed by atoms with van der Waals surface area (Å²) < 4.78 is 4.83. The van der Waals surface area contributed by atoms with Gasteiger partial charge in [0.1, 0.15) is 30.2 Å². The third-order valence-electron chi connectivity index (χ3n) is 1.87. The van der Waals surface area contributed by atoms with Crippen molar-refractivity contribution in [1.29, 1.82) is 0 Å². The van der Waals surface area contributed by atoms with E-state index in [2.05, 4.69) is 6.58 Å². The van der Waals surface area contributed by atoms with E-state index in [0.29, 0.717) is 0 Å². The van der Waals surface area contributed by atoms with E-state index in [1.54, 1.807) is 0 Å². The molecule has 0 unspecified atom stereocenters. The molecule has 4 atom stereocenters. The van der Waals surface area contributed by atoms with Gasteiger partial charge in [0.2, 0.25) is 0 Å². The molecule has 5 heteroatoms. The molecule has 5 nitrogen and oxygen atoms in total. The summed E-state index contributed by atoms with van der Waals surface area (Å²) in [5, 5.41) is 36.1. The van der Waals surface area contributed by atoms with Gasteiger partial charge in [-0.15, -0.1) is 0 Å². The van der Waals surface area contributed by atoms with Gasteiger partial charge in [0, 0.05) is 0 Å². The van der Waals surface area contributed by atoms with E-state index in [9.17, 15) is 5.11 Å². The van der Waals surface area contributed by atoms with Crippen molar-refractivity contribution in [2.75, 3.05) is 6.61 Å². The lowest BCUT2D eigenvalue weighted by molar-refractivity contribution is -0.164. The fourth-order valence-corrected chi connectivity index (χ4v) is 1.08. The minimum atomic E-state index is -1.34. The molecule has 0 saturated carbocycles. The van der Waals surface area contributed by atoms with Crippen molar-refractivity contribution >= 4 is 0 Å². The minimum absolute atomic E-state index is 0.0353. The quantitative estimate of drug-likeness (QED) is 0.370. The van der Waals surface area contributed by atoms with Gasteiger partial charge in [-0.25, -0.2) is 0 Å². The molecule has 0 aromatic rings. The molecule has 1 heterocycles. The second kappa shape index (κ2) is 3.40. The molecule has 0 bridgehead atoms. The molecule has 0 radical (unpaired) electrons. The van der Waals surface area contributed by atoms with E-state index < -0.39 is 31.0 Å². The number of aliphatic hydroxyl groups excluding tert-OH is 4. The maximum atomic E-state index is 9.19. The van der Waals surface area contributed by atoms with Crippen molar-refractivity contribution in [2.24, 2.45) is 0 Å². The fraction of sp³-hybridized carbons (Fsp3) is 0.714. The number of aliphatic hydroxyl groups is 4. The molecular formula is C7H12O5. The minimum Gasteiger partial charge on any atom is -0.487 e. The number of ether oxygens (including phenoxy) is 1. The Hall–Kier alpha value is -0.620. The van der Waals surface area contributed by atoms with Gasteiger partial charge in [-0.05, 0) is 0 Å². The Kier molecular flexibility index (Phi) is 2.69. The molecule has 0 amide bonds. The highest BCUT2D eigenvalue weighted by Gasteiger charge is 2.39. The number of hydrogen-bond acceptors (Lipinski definition) is 5. The Labute approximate surface area is 69.5 Å². The maximum Gasteiger partial charge on any atom is 0.150 e. The standard InChI is InChI=1S/C7H12O5/c1-3-5(9)7(11)6(10)4(2-8)12-3/h4-11H,1-2H2/t4-,5+,6+,7-/m1/s1. The zero-order chi connectivity index (χ0) is 9.30. The number of hydrogen-bond donors (Lipinski definition) is 4. The second-order valence-electron chi connectivity index (χ2n) is 2.73. The molecule has 1 rings (SSSR count). The lowest BCUT2D eigenvalue weighted by atomic mass is 9.99. The zero-order valence-corrected chi connectivity index (χ0v) is 6.42. The second-order valence-corrected chi connectivity index (χ2v) is 2.73. The van der Waals surface area contributed by atoms with E-state index in [0.717, 1.165) is 0 Å². The van der Waals surface area contributed by atoms with E-state index in [4.69, 9.17) is 20.1 Å². The summed E-state index contributed by atoms with van der Waals surface area (Å²) >= 11 is 0. The molecule has 1 saturated heterocycles. The van der Waals surface area contributed by atoms with Gasteiger partial charge in [0.05, 0.1) is 6.61 Å². The van der Waals surface area contributed by atoms with Crippen LogP contribution >= 0.6 is 0 Å². The van der Waals surface area contributed by atoms with Crippen molar-refractivity contribution in [2.45, 2.75) is 24.4 Å². The third kappa shape index (κ3) is 1.44. The van der Waals surface area contributed by atoms with Crippen LogP contribution in [0.5, 0.6) is 0 Å². The van der Waals surface area contributed by atoms with Crippen LogP contribution in [0.1, 0.15) is 0 Å². The third-order valence-corrected chi connectivity index (χ3v) is 1.87. The summed E-state index contributed by atoms with van der Waals surface area (Å²) in [6.07, 6.45) is -4.82. The van der Waals surface area contributed by atoms with Crippen molar-refractivity contribution in [3.63, 3.8) is 0 Å². The first-order valence-electron chi connectivity index (χ1n) is 3.58. The fourth-order valence-electron chi connectivity index (χ4n) is 1.08. The highest BCUT2D eigenvalue weighted by atomic mass is 16.5. The summed E-state index contributed by atoms with van der Waals surface area (Å²) in [6.45, 7) is 2.90. The van der Waals surface area contributed by atoms with Gasteiger partial charge in [-0.3, -0.25) is 0 Å². The van der Waals surface area contributed by atoms with Gasteiger partial charge < -0.3 is 25.2 Å². The summed E-state index contributed by atoms with van der Waals surface area (Å²) in [5.41, 5.74) is 0. The van der Waals surface area contributed by atoms with Crippen molar-refractivity contribution in [3.05, 3.63) is 12.3 Å². The molecule has 0 aromatic carbocycles. The predicted molar refractivity (Wildman–Crippen MR) is 39.1 cm³/mol. The SMILES string of the molecule is C=C1O[C@H](CO)[C@H](O)[C@H](O)[C@H]1O. The molecule has 1 fully saturated rings. The first-order chi connectivity index (χ1) is 5.57. The van der Waals surface area contributed by atoms with Crippen molar-refractivity contribution < 1.29 is 25.2 Å². The lowest BCUT2D eigenvalue weighted by Gasteiger charge is -2.35. The first kappa shape index (κ1) is 9.47. The Bertz CT molecular complexity index is 179. The monoisotopic (exact) mass is 176 g/mol. The molecule has 1 aliphatic rings. The zero-order valence-electron chi connectivity index (χ0n) is 6.42. The van der Waals surface area contributed by atoms with Crippen LogP contribution < -0.4 is 0 Å². The van der Waals surface area contributed by atoms with Gasteiger partial charge >= 0.3 is 0 Å². The normalized spacial score (nSPS) is 42.5. The Morgan fingerprint density at radius 1 is 1.25 bits per heavy atom. The largest absolute Gasteiger partial charge is 0.487 e. The Balaban J connectivity index is 2.70. The van der Waals surface area contributed by atoms with Crippen LogP contribution in [0.2, 0.25) is 0 Å². The van der Waals surface area contributed by atoms with Gasteiger partial charge in [0.15, 0.2) is 0 Å². The van der Waals surface area contributed by atoms with E-state index in [-0.39, 0.29) is 5.76 Å². The molecule has 12 heavy (non-hydrogen) atoms. The molecule has 4 N–H and O–H groups in total. The smallest absolute Gasteiger partial charge is 0.150 e. The van der Waals surface area contributed by atoms with Crippen LogP contribution in [-0.4, -0.2) is 51.4 Å². The van der Waals surface area contributed by atoms with E-state index >= 15 is 0 Å². The van der Waals surface area contributed by atoms with Gasteiger partial charge in [-0.1, -0.05) is 6.58 Å². The Morgan fingerprint density at radius 2 is 1.83 bits per heavy atom. The summed E-state index contributed by atoms with van der Waals surface area (Å²) in [5.74, 6) is -0.0353. The molecule has 70 valence electrons. The summed E-state index contributed by atoms with van der Waals surface area (Å²) in [7, 11) is 0. The molecule has 0 aliphatic carbocycles. The van der Waals surface area contributed by atoms with Gasteiger partial charge in [-0.2, -0.15) is 0 Å². The van der Waals surface area contributed by atoms with Crippen LogP contribution in [0, 0.1) is 0 Å². The van der Waals surface area contributed by atoms with Crippen molar-refractivity contribution in [1.82, 2.24) is 0 Å². The van der Waals surface area contributed by atoms with Crippen LogP contribution in [0.3, 0.4) is 0 Å².